The third-order valence-corrected chi connectivity index (χ3v) is 10.6. The summed E-state index contributed by atoms with van der Waals surface area (Å²) in [6.07, 6.45) is 5.47. The second-order valence-corrected chi connectivity index (χ2v) is 12.3. The van der Waals surface area contributed by atoms with Crippen molar-refractivity contribution in [3.8, 4) is 6.07 Å². The highest BCUT2D eigenvalue weighted by atomic mass is 16.3. The number of aliphatic hydroxyl groups excluding tert-OH is 2. The van der Waals surface area contributed by atoms with Crippen molar-refractivity contribution in [3.63, 3.8) is 0 Å². The first kappa shape index (κ1) is 27.0. The number of aliphatic hydroxyl groups is 3. The predicted octanol–water partition coefficient (Wildman–Crippen LogP) is 4.18. The Morgan fingerprint density at radius 1 is 1.14 bits per heavy atom. The number of benzene rings is 1. The lowest BCUT2D eigenvalue weighted by molar-refractivity contribution is -0.180. The fourth-order valence-corrected chi connectivity index (χ4v) is 8.46. The second kappa shape index (κ2) is 10.0. The lowest BCUT2D eigenvalue weighted by Crippen LogP contribution is -2.62. The standard InChI is InChI=1S/C21H32O5.C9H9N/c1-19-7-5-13(23)9-12(19)3-4-14-15-6-8-21(26,17(25)11-22)20(15,2)10-16(24)18(14)19;1-8(7-10)9-5-3-2-4-6-9/h12-15,18,22-23,26H,3-11H2,1-2H3;2-6,8H,1H3/t12-,13-,14+,15+,18-,19+,20+,21+;/m1./s1. The highest BCUT2D eigenvalue weighted by Crippen LogP contribution is 2.67. The molecule has 5 rings (SSSR count). The molecule has 3 N–H and O–H groups in total. The van der Waals surface area contributed by atoms with Crippen LogP contribution in [0.4, 0.5) is 0 Å². The Morgan fingerprint density at radius 3 is 2.47 bits per heavy atom. The van der Waals surface area contributed by atoms with Crippen LogP contribution in [0, 0.1) is 45.8 Å². The molecule has 9 atom stereocenters. The van der Waals surface area contributed by atoms with E-state index >= 15 is 0 Å². The maximum atomic E-state index is 13.4. The molecule has 0 amide bonds. The van der Waals surface area contributed by atoms with Gasteiger partial charge in [0, 0.05) is 17.8 Å². The van der Waals surface area contributed by atoms with Crippen molar-refractivity contribution in [1.29, 1.82) is 5.26 Å². The van der Waals surface area contributed by atoms with Gasteiger partial charge in [0.05, 0.1) is 18.1 Å². The molecular formula is C30H41NO5. The summed E-state index contributed by atoms with van der Waals surface area (Å²) in [4.78, 5) is 25.7. The van der Waals surface area contributed by atoms with E-state index in [4.69, 9.17) is 5.26 Å². The summed E-state index contributed by atoms with van der Waals surface area (Å²) in [5, 5.41) is 39.2. The number of carbonyl (C=O) groups is 2. The summed E-state index contributed by atoms with van der Waals surface area (Å²) >= 11 is 0. The van der Waals surface area contributed by atoms with Crippen molar-refractivity contribution < 1.29 is 24.9 Å². The minimum atomic E-state index is -1.58. The molecule has 1 unspecified atom stereocenters. The lowest BCUT2D eigenvalue weighted by atomic mass is 9.44. The summed E-state index contributed by atoms with van der Waals surface area (Å²) in [5.74, 6) is 0.395. The summed E-state index contributed by atoms with van der Waals surface area (Å²) in [7, 11) is 0. The quantitative estimate of drug-likeness (QED) is 0.579. The van der Waals surface area contributed by atoms with Crippen LogP contribution in [0.25, 0.3) is 0 Å². The molecule has 36 heavy (non-hydrogen) atoms. The summed E-state index contributed by atoms with van der Waals surface area (Å²) in [6, 6.07) is 12.0. The van der Waals surface area contributed by atoms with Gasteiger partial charge in [0.15, 0.2) is 5.78 Å². The molecule has 0 aromatic heterocycles. The number of fused-ring (bicyclic) bond motifs is 5. The van der Waals surface area contributed by atoms with E-state index in [1.165, 1.54) is 0 Å². The van der Waals surface area contributed by atoms with Crippen LogP contribution in [-0.4, -0.2) is 45.2 Å². The van der Waals surface area contributed by atoms with Crippen molar-refractivity contribution in [2.24, 2.45) is 34.5 Å². The Balaban J connectivity index is 0.000000256. The van der Waals surface area contributed by atoms with Crippen LogP contribution in [0.3, 0.4) is 0 Å². The maximum absolute atomic E-state index is 13.4. The van der Waals surface area contributed by atoms with E-state index < -0.39 is 23.4 Å². The minimum absolute atomic E-state index is 0.0150. The number of nitriles is 1. The Bertz CT molecular complexity index is 1020. The Hall–Kier alpha value is -2.07. The van der Waals surface area contributed by atoms with Crippen LogP contribution in [0.15, 0.2) is 30.3 Å². The van der Waals surface area contributed by atoms with E-state index in [9.17, 15) is 24.9 Å². The first-order chi connectivity index (χ1) is 17.0. The molecule has 1 aromatic rings. The molecular weight excluding hydrogens is 454 g/mol. The Kier molecular flexibility index (Phi) is 7.50. The molecule has 6 heteroatoms. The molecule has 4 aliphatic rings. The SMILES string of the molecule is CC(C#N)c1ccccc1.C[C@]12CC[C@@H](O)C[C@H]1CC[C@@H]1[C@@H]2C(=O)C[C@@]2(C)[C@H]1CC[C@]2(O)C(=O)CO. The topological polar surface area (TPSA) is 119 Å². The van der Waals surface area contributed by atoms with Gasteiger partial charge in [0.2, 0.25) is 0 Å². The number of carbonyl (C=O) groups excluding carboxylic acids is 2. The van der Waals surface area contributed by atoms with E-state index in [2.05, 4.69) is 13.0 Å². The third-order valence-electron chi connectivity index (χ3n) is 10.6. The Morgan fingerprint density at radius 2 is 1.83 bits per heavy atom. The average Bonchev–Trinajstić information content (AvgIpc) is 3.15. The number of rotatable bonds is 3. The van der Waals surface area contributed by atoms with Crippen molar-refractivity contribution >= 4 is 11.6 Å². The van der Waals surface area contributed by atoms with E-state index in [0.717, 1.165) is 44.1 Å². The molecule has 0 bridgehead atoms. The highest BCUT2D eigenvalue weighted by molar-refractivity contribution is 5.92. The highest BCUT2D eigenvalue weighted by Gasteiger charge is 2.68. The third kappa shape index (κ3) is 4.23. The normalized spacial score (nSPS) is 42.0. The fourth-order valence-electron chi connectivity index (χ4n) is 8.46. The van der Waals surface area contributed by atoms with Crippen LogP contribution >= 0.6 is 0 Å². The zero-order chi connectivity index (χ0) is 26.3. The fraction of sp³-hybridized carbons (Fsp3) is 0.700. The first-order valence-electron chi connectivity index (χ1n) is 13.5. The van der Waals surface area contributed by atoms with Gasteiger partial charge < -0.3 is 15.3 Å². The molecule has 6 nitrogen and oxygen atoms in total. The smallest absolute Gasteiger partial charge is 0.190 e. The first-order valence-corrected chi connectivity index (χ1v) is 13.5. The van der Waals surface area contributed by atoms with E-state index in [1.54, 1.807) is 0 Å². The molecule has 4 aliphatic carbocycles. The van der Waals surface area contributed by atoms with Gasteiger partial charge in [-0.1, -0.05) is 44.2 Å². The molecule has 0 heterocycles. The number of Topliss-reactive ketones (excluding diaryl/α,β-unsaturated/α-hetero) is 2. The van der Waals surface area contributed by atoms with Gasteiger partial charge in [-0.25, -0.2) is 0 Å². The molecule has 1 aromatic carbocycles. The predicted molar refractivity (Wildman–Crippen MR) is 136 cm³/mol. The van der Waals surface area contributed by atoms with Gasteiger partial charge in [0.25, 0.3) is 0 Å². The zero-order valence-electron chi connectivity index (χ0n) is 21.8. The molecule has 0 spiro atoms. The van der Waals surface area contributed by atoms with E-state index in [-0.39, 0.29) is 47.4 Å². The van der Waals surface area contributed by atoms with Crippen molar-refractivity contribution in [2.75, 3.05) is 6.61 Å². The Labute approximate surface area is 214 Å². The maximum Gasteiger partial charge on any atom is 0.190 e. The summed E-state index contributed by atoms with van der Waals surface area (Å²) < 4.78 is 0. The number of hydrogen-bond acceptors (Lipinski definition) is 6. The van der Waals surface area contributed by atoms with Gasteiger partial charge in [-0.2, -0.15) is 5.26 Å². The van der Waals surface area contributed by atoms with E-state index in [1.807, 2.05) is 44.2 Å². The molecule has 196 valence electrons. The average molecular weight is 496 g/mol. The van der Waals surface area contributed by atoms with Gasteiger partial charge in [-0.05, 0) is 80.6 Å². The molecule has 0 saturated heterocycles. The van der Waals surface area contributed by atoms with Crippen molar-refractivity contribution in [1.82, 2.24) is 0 Å². The van der Waals surface area contributed by atoms with Crippen LogP contribution in [0.2, 0.25) is 0 Å². The second-order valence-electron chi connectivity index (χ2n) is 12.3. The monoisotopic (exact) mass is 495 g/mol. The van der Waals surface area contributed by atoms with Gasteiger partial charge in [0.1, 0.15) is 18.0 Å². The minimum Gasteiger partial charge on any atom is -0.393 e. The summed E-state index contributed by atoms with van der Waals surface area (Å²) in [6.45, 7) is 5.36. The molecule has 0 aliphatic heterocycles. The van der Waals surface area contributed by atoms with Gasteiger partial charge >= 0.3 is 0 Å². The number of nitrogens with zero attached hydrogens (tertiary/aromatic N) is 1. The van der Waals surface area contributed by atoms with Gasteiger partial charge in [-0.3, -0.25) is 9.59 Å². The van der Waals surface area contributed by atoms with Crippen LogP contribution in [0.1, 0.15) is 83.6 Å². The molecule has 4 saturated carbocycles. The summed E-state index contributed by atoms with van der Waals surface area (Å²) in [5.41, 5.74) is -1.32. The van der Waals surface area contributed by atoms with Crippen LogP contribution in [-0.2, 0) is 9.59 Å². The van der Waals surface area contributed by atoms with Gasteiger partial charge in [-0.15, -0.1) is 0 Å². The lowest BCUT2D eigenvalue weighted by Gasteiger charge is -2.60. The van der Waals surface area contributed by atoms with Crippen LogP contribution in [0.5, 0.6) is 0 Å². The van der Waals surface area contributed by atoms with E-state index in [0.29, 0.717) is 12.3 Å². The number of hydrogen-bond donors (Lipinski definition) is 3. The number of ketones is 2. The molecule has 0 radical (unpaired) electrons. The molecule has 4 fully saturated rings. The largest absolute Gasteiger partial charge is 0.393 e. The zero-order valence-corrected chi connectivity index (χ0v) is 21.8. The van der Waals surface area contributed by atoms with Crippen molar-refractivity contribution in [3.05, 3.63) is 35.9 Å². The van der Waals surface area contributed by atoms with Crippen LogP contribution < -0.4 is 0 Å². The van der Waals surface area contributed by atoms with Crippen molar-refractivity contribution in [2.45, 2.75) is 89.8 Å².